The Hall–Kier alpha value is -3.59. The summed E-state index contributed by atoms with van der Waals surface area (Å²) in [6, 6.07) is 11.9. The number of halogens is 1. The van der Waals surface area contributed by atoms with E-state index in [0.29, 0.717) is 22.0 Å². The highest BCUT2D eigenvalue weighted by molar-refractivity contribution is 7.17. The van der Waals surface area contributed by atoms with Crippen LogP contribution >= 0.6 is 11.3 Å². The fourth-order valence-electron chi connectivity index (χ4n) is 2.48. The molecule has 2 aromatic carbocycles. The van der Waals surface area contributed by atoms with E-state index in [2.05, 4.69) is 10.3 Å². The monoisotopic (exact) mass is 428 g/mol. The van der Waals surface area contributed by atoms with Gasteiger partial charge in [-0.3, -0.25) is 14.9 Å². The van der Waals surface area contributed by atoms with Gasteiger partial charge in [-0.2, -0.15) is 0 Å². The SMILES string of the molecule is COc1ccc(C(=O)NC(=O)COC(=O)c2sc(-c3ccc(F)cc3)nc2C)cc1. The highest BCUT2D eigenvalue weighted by atomic mass is 32.1. The quantitative estimate of drug-likeness (QED) is 0.605. The summed E-state index contributed by atoms with van der Waals surface area (Å²) in [4.78, 5) is 40.8. The van der Waals surface area contributed by atoms with Gasteiger partial charge in [-0.05, 0) is 55.5 Å². The minimum absolute atomic E-state index is 0.226. The average molecular weight is 428 g/mol. The fraction of sp³-hybridized carbons (Fsp3) is 0.143. The third-order valence-corrected chi connectivity index (χ3v) is 5.20. The summed E-state index contributed by atoms with van der Waals surface area (Å²) in [5.41, 5.74) is 1.35. The second kappa shape index (κ2) is 9.27. The molecule has 0 aliphatic carbocycles. The maximum atomic E-state index is 13.1. The molecule has 0 fully saturated rings. The van der Waals surface area contributed by atoms with Crippen molar-refractivity contribution in [3.05, 3.63) is 70.5 Å². The van der Waals surface area contributed by atoms with Crippen molar-refractivity contribution < 1.29 is 28.2 Å². The molecule has 1 heterocycles. The molecule has 0 unspecified atom stereocenters. The number of amides is 2. The van der Waals surface area contributed by atoms with Crippen LogP contribution in [-0.2, 0) is 9.53 Å². The number of hydrogen-bond acceptors (Lipinski definition) is 7. The van der Waals surface area contributed by atoms with Crippen LogP contribution in [0.25, 0.3) is 10.6 Å². The number of aryl methyl sites for hydroxylation is 1. The van der Waals surface area contributed by atoms with Crippen LogP contribution in [0.15, 0.2) is 48.5 Å². The average Bonchev–Trinajstić information content (AvgIpc) is 3.14. The standard InChI is InChI=1S/C21H17FN2O5S/c1-12-18(30-20(23-12)14-3-7-15(22)8-4-14)21(27)29-11-17(25)24-19(26)13-5-9-16(28-2)10-6-13/h3-10H,11H2,1-2H3,(H,24,25,26). The summed E-state index contributed by atoms with van der Waals surface area (Å²) in [6.45, 7) is 1.01. The predicted molar refractivity (Wildman–Crippen MR) is 108 cm³/mol. The number of carbonyl (C=O) groups excluding carboxylic acids is 3. The number of nitrogens with one attached hydrogen (secondary N) is 1. The van der Waals surface area contributed by atoms with Crippen molar-refractivity contribution in [2.45, 2.75) is 6.92 Å². The molecule has 1 N–H and O–H groups in total. The molecule has 0 aliphatic heterocycles. The van der Waals surface area contributed by atoms with E-state index in [1.165, 1.54) is 31.4 Å². The molecule has 3 rings (SSSR count). The molecule has 9 heteroatoms. The zero-order chi connectivity index (χ0) is 21.7. The molecule has 2 amide bonds. The van der Waals surface area contributed by atoms with Crippen LogP contribution < -0.4 is 10.1 Å². The first-order valence-electron chi connectivity index (χ1n) is 8.76. The van der Waals surface area contributed by atoms with Crippen molar-refractivity contribution in [1.82, 2.24) is 10.3 Å². The fourth-order valence-corrected chi connectivity index (χ4v) is 3.44. The number of ether oxygens (including phenoxy) is 2. The maximum absolute atomic E-state index is 13.1. The van der Waals surface area contributed by atoms with E-state index in [4.69, 9.17) is 9.47 Å². The van der Waals surface area contributed by atoms with Gasteiger partial charge < -0.3 is 9.47 Å². The molecule has 1 aromatic heterocycles. The van der Waals surface area contributed by atoms with E-state index in [-0.39, 0.29) is 16.3 Å². The van der Waals surface area contributed by atoms with Crippen LogP contribution in [0.5, 0.6) is 5.75 Å². The molecular formula is C21H17FN2O5S. The number of esters is 1. The van der Waals surface area contributed by atoms with E-state index in [1.807, 2.05) is 0 Å². The van der Waals surface area contributed by atoms with Crippen LogP contribution in [-0.4, -0.2) is 36.5 Å². The number of carbonyl (C=O) groups is 3. The molecule has 0 saturated carbocycles. The summed E-state index contributed by atoms with van der Waals surface area (Å²) < 4.78 is 23.1. The van der Waals surface area contributed by atoms with Crippen LogP contribution in [0, 0.1) is 12.7 Å². The Morgan fingerprint density at radius 3 is 2.37 bits per heavy atom. The molecule has 3 aromatic rings. The Kier molecular flexibility index (Phi) is 6.53. The van der Waals surface area contributed by atoms with Crippen LogP contribution in [0.4, 0.5) is 4.39 Å². The van der Waals surface area contributed by atoms with Crippen LogP contribution in [0.1, 0.15) is 25.7 Å². The van der Waals surface area contributed by atoms with Crippen molar-refractivity contribution in [3.63, 3.8) is 0 Å². The molecule has 0 saturated heterocycles. The maximum Gasteiger partial charge on any atom is 0.350 e. The lowest BCUT2D eigenvalue weighted by atomic mass is 10.2. The molecule has 30 heavy (non-hydrogen) atoms. The minimum atomic E-state index is -0.759. The van der Waals surface area contributed by atoms with Gasteiger partial charge in [-0.1, -0.05) is 0 Å². The number of rotatable bonds is 6. The Bertz CT molecular complexity index is 1080. The summed E-state index contributed by atoms with van der Waals surface area (Å²) in [7, 11) is 1.50. The molecule has 7 nitrogen and oxygen atoms in total. The molecule has 0 spiro atoms. The summed E-state index contributed by atoms with van der Waals surface area (Å²) >= 11 is 1.07. The van der Waals surface area contributed by atoms with Gasteiger partial charge >= 0.3 is 5.97 Å². The lowest BCUT2D eigenvalue weighted by Gasteiger charge is -2.06. The smallest absolute Gasteiger partial charge is 0.350 e. The van der Waals surface area contributed by atoms with Crippen molar-refractivity contribution in [3.8, 4) is 16.3 Å². The van der Waals surface area contributed by atoms with Gasteiger partial charge in [0.25, 0.3) is 11.8 Å². The zero-order valence-electron chi connectivity index (χ0n) is 16.1. The summed E-state index contributed by atoms with van der Waals surface area (Å²) in [6.07, 6.45) is 0. The van der Waals surface area contributed by atoms with Crippen molar-refractivity contribution in [2.75, 3.05) is 13.7 Å². The van der Waals surface area contributed by atoms with Crippen LogP contribution in [0.3, 0.4) is 0 Å². The van der Waals surface area contributed by atoms with Gasteiger partial charge in [0.05, 0.1) is 12.8 Å². The third kappa shape index (κ3) is 5.06. The molecule has 0 aliphatic rings. The largest absolute Gasteiger partial charge is 0.497 e. The number of benzene rings is 2. The first kappa shape index (κ1) is 21.1. The molecule has 0 bridgehead atoms. The minimum Gasteiger partial charge on any atom is -0.497 e. The van der Waals surface area contributed by atoms with Gasteiger partial charge in [-0.15, -0.1) is 11.3 Å². The Balaban J connectivity index is 1.57. The number of thiazole rings is 1. The van der Waals surface area contributed by atoms with Gasteiger partial charge in [0.15, 0.2) is 6.61 Å². The second-order valence-electron chi connectivity index (χ2n) is 6.12. The topological polar surface area (TPSA) is 94.6 Å². The molecule has 0 radical (unpaired) electrons. The van der Waals surface area contributed by atoms with E-state index in [0.717, 1.165) is 11.3 Å². The number of imide groups is 1. The lowest BCUT2D eigenvalue weighted by molar-refractivity contribution is -0.123. The number of nitrogens with zero attached hydrogens (tertiary/aromatic N) is 1. The highest BCUT2D eigenvalue weighted by Crippen LogP contribution is 2.28. The van der Waals surface area contributed by atoms with E-state index < -0.39 is 24.4 Å². The van der Waals surface area contributed by atoms with Gasteiger partial charge in [0.2, 0.25) is 0 Å². The van der Waals surface area contributed by atoms with Crippen LogP contribution in [0.2, 0.25) is 0 Å². The number of hydrogen-bond donors (Lipinski definition) is 1. The summed E-state index contributed by atoms with van der Waals surface area (Å²) in [5.74, 6) is -1.91. The van der Waals surface area contributed by atoms with E-state index in [1.54, 1.807) is 31.2 Å². The van der Waals surface area contributed by atoms with E-state index >= 15 is 0 Å². The lowest BCUT2D eigenvalue weighted by Crippen LogP contribution is -2.34. The van der Waals surface area contributed by atoms with E-state index in [9.17, 15) is 18.8 Å². The summed E-state index contributed by atoms with van der Waals surface area (Å²) in [5, 5.41) is 2.67. The van der Waals surface area contributed by atoms with Gasteiger partial charge in [-0.25, -0.2) is 14.2 Å². The van der Waals surface area contributed by atoms with Gasteiger partial charge in [0, 0.05) is 11.1 Å². The second-order valence-corrected chi connectivity index (χ2v) is 7.12. The third-order valence-electron chi connectivity index (χ3n) is 4.01. The number of methoxy groups -OCH3 is 1. The Morgan fingerprint density at radius 1 is 1.07 bits per heavy atom. The van der Waals surface area contributed by atoms with Crippen molar-refractivity contribution >= 4 is 29.1 Å². The Labute approximate surface area is 175 Å². The zero-order valence-corrected chi connectivity index (χ0v) is 16.9. The number of aromatic nitrogens is 1. The molecule has 154 valence electrons. The predicted octanol–water partition coefficient (Wildman–Crippen LogP) is 3.38. The molecule has 0 atom stereocenters. The van der Waals surface area contributed by atoms with Gasteiger partial charge in [0.1, 0.15) is 21.5 Å². The van der Waals surface area contributed by atoms with Crippen molar-refractivity contribution in [1.29, 1.82) is 0 Å². The normalized spacial score (nSPS) is 10.4. The first-order chi connectivity index (χ1) is 14.4. The molecular weight excluding hydrogens is 411 g/mol. The Morgan fingerprint density at radius 2 is 1.73 bits per heavy atom. The first-order valence-corrected chi connectivity index (χ1v) is 9.57. The highest BCUT2D eigenvalue weighted by Gasteiger charge is 2.19. The van der Waals surface area contributed by atoms with Crippen molar-refractivity contribution in [2.24, 2.45) is 0 Å².